The SMILES string of the molecule is CC1(CN2CCCCC2NCC(=O)Cc2ccc(Cl)cc2)Cn2cc([N+](=O)[O-])nc2O1. The number of carbonyl (C=O) groups excluding carboxylic acids is 1. The highest BCUT2D eigenvalue weighted by Gasteiger charge is 2.42. The number of benzene rings is 1. The largest absolute Gasteiger partial charge is 0.436 e. The Labute approximate surface area is 185 Å². The molecule has 9 nitrogen and oxygen atoms in total. The number of rotatable bonds is 8. The van der Waals surface area contributed by atoms with Gasteiger partial charge in [-0.25, -0.2) is 0 Å². The zero-order chi connectivity index (χ0) is 22.0. The van der Waals surface area contributed by atoms with Crippen molar-refractivity contribution in [3.8, 4) is 6.01 Å². The zero-order valence-electron chi connectivity index (χ0n) is 17.4. The number of hydrogen-bond acceptors (Lipinski definition) is 7. The normalized spacial score (nSPS) is 23.4. The predicted molar refractivity (Wildman–Crippen MR) is 115 cm³/mol. The van der Waals surface area contributed by atoms with Gasteiger partial charge in [0.2, 0.25) is 0 Å². The quantitative estimate of drug-likeness (QED) is 0.490. The van der Waals surface area contributed by atoms with E-state index in [1.165, 1.54) is 6.20 Å². The summed E-state index contributed by atoms with van der Waals surface area (Å²) in [5.41, 5.74) is 0.425. The van der Waals surface area contributed by atoms with E-state index in [0.717, 1.165) is 31.4 Å². The smallest absolute Gasteiger partial charge is 0.415 e. The van der Waals surface area contributed by atoms with E-state index >= 15 is 0 Å². The molecule has 10 heteroatoms. The van der Waals surface area contributed by atoms with Crippen LogP contribution in [0.25, 0.3) is 0 Å². The van der Waals surface area contributed by atoms with Gasteiger partial charge in [-0.2, -0.15) is 0 Å². The number of nitrogens with one attached hydrogen (secondary N) is 1. The number of aromatic nitrogens is 2. The number of nitrogens with zero attached hydrogens (tertiary/aromatic N) is 4. The number of halogens is 1. The van der Waals surface area contributed by atoms with E-state index in [1.807, 2.05) is 19.1 Å². The van der Waals surface area contributed by atoms with E-state index in [-0.39, 0.29) is 23.8 Å². The molecule has 31 heavy (non-hydrogen) atoms. The maximum atomic E-state index is 12.4. The standard InChI is InChI=1S/C21H26ClN5O4/c1-21(14-26-12-19(27(29)30)24-20(26)31-21)13-25-9-3-2-4-18(25)23-11-17(28)10-15-5-7-16(22)8-6-15/h5-8,12,18,23H,2-4,9-11,13-14H2,1H3. The second-order valence-corrected chi connectivity index (χ2v) is 8.96. The van der Waals surface area contributed by atoms with E-state index in [4.69, 9.17) is 16.3 Å². The van der Waals surface area contributed by atoms with Crippen LogP contribution in [-0.4, -0.2) is 56.6 Å². The van der Waals surface area contributed by atoms with Gasteiger partial charge < -0.3 is 14.9 Å². The van der Waals surface area contributed by atoms with Crippen molar-refractivity contribution in [2.24, 2.45) is 0 Å². The van der Waals surface area contributed by atoms with Gasteiger partial charge in [-0.3, -0.25) is 19.6 Å². The van der Waals surface area contributed by atoms with Crippen molar-refractivity contribution in [2.75, 3.05) is 19.6 Å². The lowest BCUT2D eigenvalue weighted by molar-refractivity contribution is -0.389. The van der Waals surface area contributed by atoms with Crippen LogP contribution >= 0.6 is 11.6 Å². The van der Waals surface area contributed by atoms with Crippen LogP contribution in [0.5, 0.6) is 6.01 Å². The molecule has 0 bridgehead atoms. The Kier molecular flexibility index (Phi) is 6.27. The summed E-state index contributed by atoms with van der Waals surface area (Å²) in [5.74, 6) is -0.0719. The van der Waals surface area contributed by atoms with Crippen molar-refractivity contribution in [1.29, 1.82) is 0 Å². The molecule has 1 saturated heterocycles. The molecular weight excluding hydrogens is 422 g/mol. The summed E-state index contributed by atoms with van der Waals surface area (Å²) in [5, 5.41) is 15.0. The average molecular weight is 448 g/mol. The molecule has 1 fully saturated rings. The van der Waals surface area contributed by atoms with Crippen LogP contribution in [0.15, 0.2) is 30.5 Å². The summed E-state index contributed by atoms with van der Waals surface area (Å²) >= 11 is 5.90. The molecule has 3 heterocycles. The van der Waals surface area contributed by atoms with Gasteiger partial charge in [0, 0.05) is 23.0 Å². The topological polar surface area (TPSA) is 103 Å². The number of piperidine rings is 1. The number of likely N-dealkylation sites (tertiary alicyclic amines) is 1. The second kappa shape index (κ2) is 8.94. The van der Waals surface area contributed by atoms with Crippen LogP contribution in [0.3, 0.4) is 0 Å². The molecule has 1 aromatic carbocycles. The van der Waals surface area contributed by atoms with Gasteiger partial charge in [0.1, 0.15) is 11.8 Å². The van der Waals surface area contributed by atoms with E-state index in [1.54, 1.807) is 16.7 Å². The highest BCUT2D eigenvalue weighted by Crippen LogP contribution is 2.32. The van der Waals surface area contributed by atoms with Crippen LogP contribution in [0, 0.1) is 10.1 Å². The van der Waals surface area contributed by atoms with Crippen LogP contribution in [0.2, 0.25) is 5.02 Å². The maximum Gasteiger partial charge on any atom is 0.415 e. The van der Waals surface area contributed by atoms with Crippen molar-refractivity contribution in [1.82, 2.24) is 19.8 Å². The van der Waals surface area contributed by atoms with Gasteiger partial charge in [-0.15, -0.1) is 0 Å². The van der Waals surface area contributed by atoms with Crippen molar-refractivity contribution >= 4 is 23.2 Å². The Bertz CT molecular complexity index is 938. The minimum Gasteiger partial charge on any atom is -0.436 e. The number of ketones is 1. The summed E-state index contributed by atoms with van der Waals surface area (Å²) in [4.78, 5) is 29.1. The van der Waals surface area contributed by atoms with Crippen molar-refractivity contribution in [3.05, 3.63) is 51.2 Å². The third kappa shape index (κ3) is 5.23. The number of fused-ring (bicyclic) bond motifs is 1. The minimum atomic E-state index is -0.526. The van der Waals surface area contributed by atoms with E-state index in [9.17, 15) is 14.9 Å². The number of carbonyl (C=O) groups is 1. The van der Waals surface area contributed by atoms with Gasteiger partial charge in [0.15, 0.2) is 5.78 Å². The highest BCUT2D eigenvalue weighted by molar-refractivity contribution is 6.30. The monoisotopic (exact) mass is 447 g/mol. The first-order valence-corrected chi connectivity index (χ1v) is 10.8. The number of hydrogen-bond donors (Lipinski definition) is 1. The molecule has 0 radical (unpaired) electrons. The number of nitro groups is 1. The second-order valence-electron chi connectivity index (χ2n) is 8.52. The molecule has 2 atom stereocenters. The fourth-order valence-corrected chi connectivity index (χ4v) is 4.45. The molecule has 2 aliphatic heterocycles. The number of imidazole rings is 1. The number of ether oxygens (including phenoxy) is 1. The van der Waals surface area contributed by atoms with E-state index in [0.29, 0.717) is 31.1 Å². The average Bonchev–Trinajstić information content (AvgIpc) is 3.24. The van der Waals surface area contributed by atoms with Gasteiger partial charge in [-0.1, -0.05) is 23.7 Å². The Balaban J connectivity index is 1.32. The fraction of sp³-hybridized carbons (Fsp3) is 0.524. The Hall–Kier alpha value is -2.49. The summed E-state index contributed by atoms with van der Waals surface area (Å²) in [6.45, 7) is 4.35. The Morgan fingerprint density at radius 1 is 1.39 bits per heavy atom. The lowest BCUT2D eigenvalue weighted by atomic mass is 10.0. The molecular formula is C21H26ClN5O4. The molecule has 0 spiro atoms. The van der Waals surface area contributed by atoms with Crippen LogP contribution < -0.4 is 10.1 Å². The lowest BCUT2D eigenvalue weighted by Gasteiger charge is -2.39. The zero-order valence-corrected chi connectivity index (χ0v) is 18.2. The molecule has 1 N–H and O–H groups in total. The highest BCUT2D eigenvalue weighted by atomic mass is 35.5. The minimum absolute atomic E-state index is 0.0885. The van der Waals surface area contributed by atoms with Crippen molar-refractivity contribution < 1.29 is 14.5 Å². The van der Waals surface area contributed by atoms with Crippen LogP contribution in [-0.2, 0) is 17.8 Å². The Morgan fingerprint density at radius 2 is 2.16 bits per heavy atom. The van der Waals surface area contributed by atoms with E-state index < -0.39 is 10.5 Å². The molecule has 2 unspecified atom stereocenters. The summed E-state index contributed by atoms with van der Waals surface area (Å²) < 4.78 is 7.69. The summed E-state index contributed by atoms with van der Waals surface area (Å²) in [6, 6.07) is 7.62. The predicted octanol–water partition coefficient (Wildman–Crippen LogP) is 2.81. The first-order chi connectivity index (χ1) is 14.8. The van der Waals surface area contributed by atoms with Crippen molar-refractivity contribution in [3.63, 3.8) is 0 Å². The molecule has 166 valence electrons. The molecule has 1 aromatic heterocycles. The summed E-state index contributed by atoms with van der Waals surface area (Å²) in [6.07, 6.45) is 5.03. The Morgan fingerprint density at radius 3 is 2.87 bits per heavy atom. The molecule has 0 amide bonds. The fourth-order valence-electron chi connectivity index (χ4n) is 4.33. The lowest BCUT2D eigenvalue weighted by Crippen LogP contribution is -2.56. The summed E-state index contributed by atoms with van der Waals surface area (Å²) in [7, 11) is 0. The van der Waals surface area contributed by atoms with Gasteiger partial charge in [0.25, 0.3) is 0 Å². The number of Topliss-reactive ketones (excluding diaryl/α,β-unsaturated/α-hetero) is 1. The molecule has 0 aliphatic carbocycles. The maximum absolute atomic E-state index is 12.4. The van der Waals surface area contributed by atoms with Gasteiger partial charge in [0.05, 0.1) is 19.3 Å². The van der Waals surface area contributed by atoms with Crippen molar-refractivity contribution in [2.45, 2.75) is 50.9 Å². The molecule has 2 aromatic rings. The van der Waals surface area contributed by atoms with Crippen LogP contribution in [0.4, 0.5) is 5.82 Å². The molecule has 0 saturated carbocycles. The third-order valence-corrected chi connectivity index (χ3v) is 6.01. The molecule has 4 rings (SSSR count). The van der Waals surface area contributed by atoms with Gasteiger partial charge >= 0.3 is 11.8 Å². The first kappa shape index (κ1) is 21.7. The van der Waals surface area contributed by atoms with Gasteiger partial charge in [-0.05, 0) is 55.4 Å². The van der Waals surface area contributed by atoms with Crippen LogP contribution in [0.1, 0.15) is 31.7 Å². The third-order valence-electron chi connectivity index (χ3n) is 5.76. The van der Waals surface area contributed by atoms with E-state index in [2.05, 4.69) is 15.2 Å². The first-order valence-electron chi connectivity index (χ1n) is 10.5. The molecule has 2 aliphatic rings.